The van der Waals surface area contributed by atoms with Gasteiger partial charge < -0.3 is 15.4 Å². The molecular weight excluding hydrogens is 242 g/mol. The number of nitrogens with zero attached hydrogens (tertiary/aromatic N) is 2. The smallest absolute Gasteiger partial charge is 0.410 e. The minimum absolute atomic E-state index is 0.0981. The predicted octanol–water partition coefficient (Wildman–Crippen LogP) is 1.82. The minimum atomic E-state index is -0.501. The first kappa shape index (κ1) is 15.4. The first-order valence-corrected chi connectivity index (χ1v) is 6.38. The molecule has 0 bridgehead atoms. The average Bonchev–Trinajstić information content (AvgIpc) is 2.34. The number of aromatic nitrogens is 1. The average molecular weight is 265 g/mol. The van der Waals surface area contributed by atoms with Crippen LogP contribution in [0.1, 0.15) is 26.3 Å². The van der Waals surface area contributed by atoms with Gasteiger partial charge in [-0.05, 0) is 38.8 Å². The maximum absolute atomic E-state index is 12.0. The van der Waals surface area contributed by atoms with Gasteiger partial charge in [-0.15, -0.1) is 0 Å². The van der Waals surface area contributed by atoms with Crippen LogP contribution in [0, 0.1) is 0 Å². The lowest BCUT2D eigenvalue weighted by molar-refractivity contribution is 0.0228. The van der Waals surface area contributed by atoms with Crippen LogP contribution in [-0.4, -0.2) is 41.2 Å². The van der Waals surface area contributed by atoms with Crippen molar-refractivity contribution in [2.45, 2.75) is 38.8 Å². The van der Waals surface area contributed by atoms with E-state index in [9.17, 15) is 4.79 Å². The van der Waals surface area contributed by atoms with Gasteiger partial charge in [0.2, 0.25) is 0 Å². The molecule has 0 aliphatic rings. The van der Waals surface area contributed by atoms with Crippen molar-refractivity contribution in [2.24, 2.45) is 5.73 Å². The van der Waals surface area contributed by atoms with Crippen LogP contribution >= 0.6 is 0 Å². The third-order valence-electron chi connectivity index (χ3n) is 2.70. The van der Waals surface area contributed by atoms with E-state index in [4.69, 9.17) is 10.5 Å². The normalized spacial score (nSPS) is 12.9. The summed E-state index contributed by atoms with van der Waals surface area (Å²) in [7, 11) is 1.71. The topological polar surface area (TPSA) is 68.5 Å². The monoisotopic (exact) mass is 265 g/mol. The third kappa shape index (κ3) is 5.26. The van der Waals surface area contributed by atoms with Gasteiger partial charge in [-0.1, -0.05) is 6.07 Å². The Morgan fingerprint density at radius 2 is 2.21 bits per heavy atom. The van der Waals surface area contributed by atoms with Gasteiger partial charge in [-0.25, -0.2) is 4.79 Å². The van der Waals surface area contributed by atoms with Gasteiger partial charge in [0, 0.05) is 26.0 Å². The highest BCUT2D eigenvalue weighted by molar-refractivity contribution is 5.68. The SMILES string of the molecule is CN(C(=O)OC(C)(C)C)C(CN)Cc1cccnc1. The second-order valence-corrected chi connectivity index (χ2v) is 5.55. The van der Waals surface area contributed by atoms with Crippen LogP contribution in [0.25, 0.3) is 0 Å². The number of carbonyl (C=O) groups excluding carboxylic acids is 1. The van der Waals surface area contributed by atoms with Gasteiger partial charge in [0.1, 0.15) is 5.60 Å². The summed E-state index contributed by atoms with van der Waals surface area (Å²) in [4.78, 5) is 17.6. The van der Waals surface area contributed by atoms with E-state index in [2.05, 4.69) is 4.98 Å². The molecule has 1 atom stereocenters. The lowest BCUT2D eigenvalue weighted by atomic mass is 10.1. The van der Waals surface area contributed by atoms with E-state index in [1.165, 1.54) is 0 Å². The van der Waals surface area contributed by atoms with Gasteiger partial charge in [0.05, 0.1) is 6.04 Å². The highest BCUT2D eigenvalue weighted by Gasteiger charge is 2.24. The van der Waals surface area contributed by atoms with Crippen molar-refractivity contribution in [3.8, 4) is 0 Å². The quantitative estimate of drug-likeness (QED) is 0.901. The van der Waals surface area contributed by atoms with E-state index in [-0.39, 0.29) is 12.1 Å². The molecule has 1 aromatic heterocycles. The molecular formula is C14H23N3O2. The zero-order valence-corrected chi connectivity index (χ0v) is 12.1. The van der Waals surface area contributed by atoms with E-state index in [1.54, 1.807) is 24.3 Å². The van der Waals surface area contributed by atoms with Gasteiger partial charge in [0.15, 0.2) is 0 Å². The fourth-order valence-electron chi connectivity index (χ4n) is 1.65. The summed E-state index contributed by atoms with van der Waals surface area (Å²) < 4.78 is 5.34. The maximum atomic E-state index is 12.0. The minimum Gasteiger partial charge on any atom is -0.444 e. The molecule has 1 unspecified atom stereocenters. The molecule has 2 N–H and O–H groups in total. The fourth-order valence-corrected chi connectivity index (χ4v) is 1.65. The van der Waals surface area contributed by atoms with Gasteiger partial charge in [-0.2, -0.15) is 0 Å². The number of pyridine rings is 1. The summed E-state index contributed by atoms with van der Waals surface area (Å²) in [5, 5.41) is 0. The standard InChI is InChI=1S/C14H23N3O2/c1-14(2,3)19-13(18)17(4)12(9-15)8-11-6-5-7-16-10-11/h5-7,10,12H,8-9,15H2,1-4H3. The Bertz CT molecular complexity index is 401. The molecule has 1 aromatic rings. The molecule has 1 rings (SSSR count). The molecule has 19 heavy (non-hydrogen) atoms. The first-order valence-electron chi connectivity index (χ1n) is 6.38. The Morgan fingerprint density at radius 1 is 1.53 bits per heavy atom. The highest BCUT2D eigenvalue weighted by atomic mass is 16.6. The van der Waals surface area contributed by atoms with Crippen molar-refractivity contribution in [3.63, 3.8) is 0 Å². The highest BCUT2D eigenvalue weighted by Crippen LogP contribution is 2.12. The van der Waals surface area contributed by atoms with Crippen molar-refractivity contribution in [1.82, 2.24) is 9.88 Å². The van der Waals surface area contributed by atoms with Crippen LogP contribution in [0.4, 0.5) is 4.79 Å². The number of hydrogen-bond donors (Lipinski definition) is 1. The van der Waals surface area contributed by atoms with Crippen LogP contribution in [0.2, 0.25) is 0 Å². The predicted molar refractivity (Wildman–Crippen MR) is 74.8 cm³/mol. The number of ether oxygens (including phenoxy) is 1. The lowest BCUT2D eigenvalue weighted by Crippen LogP contribution is -2.45. The van der Waals surface area contributed by atoms with Gasteiger partial charge in [0.25, 0.3) is 0 Å². The van der Waals surface area contributed by atoms with Crippen molar-refractivity contribution in [2.75, 3.05) is 13.6 Å². The van der Waals surface area contributed by atoms with Crippen LogP contribution in [0.3, 0.4) is 0 Å². The second kappa shape index (κ2) is 6.52. The molecule has 0 aromatic carbocycles. The zero-order chi connectivity index (χ0) is 14.5. The van der Waals surface area contributed by atoms with Crippen molar-refractivity contribution >= 4 is 6.09 Å². The third-order valence-corrected chi connectivity index (χ3v) is 2.70. The van der Waals surface area contributed by atoms with Crippen LogP contribution in [0.5, 0.6) is 0 Å². The summed E-state index contributed by atoms with van der Waals surface area (Å²) in [6, 6.07) is 3.74. The molecule has 5 nitrogen and oxygen atoms in total. The number of hydrogen-bond acceptors (Lipinski definition) is 4. The summed E-state index contributed by atoms with van der Waals surface area (Å²) in [6.07, 6.45) is 3.82. The molecule has 0 fully saturated rings. The fraction of sp³-hybridized carbons (Fsp3) is 0.571. The molecule has 0 aliphatic carbocycles. The summed E-state index contributed by atoms with van der Waals surface area (Å²) in [5.74, 6) is 0. The molecule has 106 valence electrons. The number of amides is 1. The number of carbonyl (C=O) groups is 1. The number of rotatable bonds is 4. The number of nitrogens with two attached hydrogens (primary N) is 1. The molecule has 0 radical (unpaired) electrons. The molecule has 1 amide bonds. The van der Waals surface area contributed by atoms with Gasteiger partial charge in [-0.3, -0.25) is 4.98 Å². The molecule has 0 spiro atoms. The Kier molecular flexibility index (Phi) is 5.30. The van der Waals surface area contributed by atoms with E-state index in [1.807, 2.05) is 32.9 Å². The Labute approximate surface area is 114 Å². The summed E-state index contributed by atoms with van der Waals surface area (Å²) in [5.41, 5.74) is 6.30. The largest absolute Gasteiger partial charge is 0.444 e. The molecule has 5 heteroatoms. The van der Waals surface area contributed by atoms with Crippen LogP contribution in [-0.2, 0) is 11.2 Å². The Balaban J connectivity index is 2.66. The summed E-state index contributed by atoms with van der Waals surface area (Å²) >= 11 is 0. The molecule has 0 saturated heterocycles. The maximum Gasteiger partial charge on any atom is 0.410 e. The second-order valence-electron chi connectivity index (χ2n) is 5.55. The van der Waals surface area contributed by atoms with Crippen molar-refractivity contribution in [3.05, 3.63) is 30.1 Å². The molecule has 0 saturated carbocycles. The van der Waals surface area contributed by atoms with Crippen molar-refractivity contribution < 1.29 is 9.53 Å². The Hall–Kier alpha value is -1.62. The van der Waals surface area contributed by atoms with Gasteiger partial charge >= 0.3 is 6.09 Å². The summed E-state index contributed by atoms with van der Waals surface area (Å²) in [6.45, 7) is 5.91. The van der Waals surface area contributed by atoms with E-state index >= 15 is 0 Å². The first-order chi connectivity index (χ1) is 8.83. The van der Waals surface area contributed by atoms with E-state index in [0.717, 1.165) is 5.56 Å². The van der Waals surface area contributed by atoms with Crippen molar-refractivity contribution in [1.29, 1.82) is 0 Å². The molecule has 1 heterocycles. The van der Waals surface area contributed by atoms with Crippen LogP contribution in [0.15, 0.2) is 24.5 Å². The number of likely N-dealkylation sites (N-methyl/N-ethyl adjacent to an activating group) is 1. The van der Waals surface area contributed by atoms with E-state index in [0.29, 0.717) is 13.0 Å². The zero-order valence-electron chi connectivity index (χ0n) is 12.1. The van der Waals surface area contributed by atoms with Crippen LogP contribution < -0.4 is 5.73 Å². The van der Waals surface area contributed by atoms with E-state index < -0.39 is 5.60 Å². The lowest BCUT2D eigenvalue weighted by Gasteiger charge is -2.30. The molecule has 0 aliphatic heterocycles. The Morgan fingerprint density at radius 3 is 2.68 bits per heavy atom.